The predicted molar refractivity (Wildman–Crippen MR) is 147 cm³/mol. The van der Waals surface area contributed by atoms with E-state index in [0.29, 0.717) is 29.2 Å². The summed E-state index contributed by atoms with van der Waals surface area (Å²) in [5.74, 6) is 0.729. The van der Waals surface area contributed by atoms with Crippen LogP contribution in [0.2, 0.25) is 0 Å². The van der Waals surface area contributed by atoms with E-state index in [1.165, 1.54) is 4.90 Å². The smallest absolute Gasteiger partial charge is 0.263 e. The van der Waals surface area contributed by atoms with Crippen molar-refractivity contribution < 1.29 is 19.1 Å². The molecule has 0 N–H and O–H groups in total. The molecule has 1 saturated heterocycles. The van der Waals surface area contributed by atoms with Crippen LogP contribution in [0, 0.1) is 0 Å². The molecule has 8 heteroatoms. The van der Waals surface area contributed by atoms with Crippen molar-refractivity contribution in [3.63, 3.8) is 0 Å². The fourth-order valence-electron chi connectivity index (χ4n) is 5.24. The lowest BCUT2D eigenvalue weighted by atomic mass is 10.1. The Morgan fingerprint density at radius 1 is 0.868 bits per heavy atom. The number of rotatable bonds is 6. The number of amides is 2. The summed E-state index contributed by atoms with van der Waals surface area (Å²) in [6, 6.07) is 23.0. The van der Waals surface area contributed by atoms with E-state index in [0.717, 1.165) is 42.5 Å². The van der Waals surface area contributed by atoms with Gasteiger partial charge in [0.1, 0.15) is 6.61 Å². The largest absolute Gasteiger partial charge is 0.486 e. The van der Waals surface area contributed by atoms with Gasteiger partial charge in [-0.15, -0.1) is 0 Å². The number of hydrogen-bond acceptors (Lipinski definition) is 6. The van der Waals surface area contributed by atoms with Gasteiger partial charge in [-0.2, -0.15) is 0 Å². The molecule has 1 atom stereocenters. The lowest BCUT2D eigenvalue weighted by Gasteiger charge is -2.36. The summed E-state index contributed by atoms with van der Waals surface area (Å²) >= 11 is 6.54. The third-order valence-corrected chi connectivity index (χ3v) is 7.37. The van der Waals surface area contributed by atoms with Crippen LogP contribution in [0.15, 0.2) is 77.8 Å². The molecular formula is C30H28ClN3O4. The van der Waals surface area contributed by atoms with Crippen LogP contribution >= 0.6 is 11.6 Å². The second-order valence-electron chi connectivity index (χ2n) is 9.68. The van der Waals surface area contributed by atoms with Gasteiger partial charge in [0.2, 0.25) is 0 Å². The first-order valence-corrected chi connectivity index (χ1v) is 13.2. The van der Waals surface area contributed by atoms with Crippen molar-refractivity contribution in [1.29, 1.82) is 0 Å². The molecule has 7 nitrogen and oxygen atoms in total. The van der Waals surface area contributed by atoms with Crippen LogP contribution in [0.5, 0.6) is 11.5 Å². The average molecular weight is 530 g/mol. The van der Waals surface area contributed by atoms with Crippen LogP contribution in [0.1, 0.15) is 26.3 Å². The van der Waals surface area contributed by atoms with Crippen molar-refractivity contribution in [3.8, 4) is 11.5 Å². The van der Waals surface area contributed by atoms with Crippen LogP contribution < -0.4 is 14.4 Å². The minimum absolute atomic E-state index is 0.139. The Hall–Kier alpha value is -3.81. The van der Waals surface area contributed by atoms with Crippen molar-refractivity contribution in [3.05, 3.63) is 94.5 Å². The number of hydrogen-bond donors (Lipinski definition) is 0. The Kier molecular flexibility index (Phi) is 6.79. The Morgan fingerprint density at radius 2 is 1.61 bits per heavy atom. The maximum Gasteiger partial charge on any atom is 0.263 e. The van der Waals surface area contributed by atoms with Gasteiger partial charge >= 0.3 is 0 Å². The number of anilines is 1. The average Bonchev–Trinajstić information content (AvgIpc) is 3.19. The van der Waals surface area contributed by atoms with Crippen molar-refractivity contribution in [1.82, 2.24) is 9.80 Å². The third kappa shape index (κ3) is 4.87. The molecule has 0 spiro atoms. The molecule has 0 aromatic heterocycles. The molecule has 0 bridgehead atoms. The maximum atomic E-state index is 13.5. The number of piperazine rings is 1. The van der Waals surface area contributed by atoms with Gasteiger partial charge < -0.3 is 14.4 Å². The second-order valence-corrected chi connectivity index (χ2v) is 10.2. The first-order chi connectivity index (χ1) is 18.6. The van der Waals surface area contributed by atoms with Gasteiger partial charge in [0, 0.05) is 37.8 Å². The number of imide groups is 1. The zero-order valence-corrected chi connectivity index (χ0v) is 21.6. The molecule has 0 radical (unpaired) electrons. The molecule has 0 saturated carbocycles. The van der Waals surface area contributed by atoms with E-state index in [1.807, 2.05) is 72.8 Å². The first kappa shape index (κ1) is 24.5. The lowest BCUT2D eigenvalue weighted by molar-refractivity contribution is 0.0430. The molecular weight excluding hydrogens is 502 g/mol. The quantitative estimate of drug-likeness (QED) is 0.437. The highest BCUT2D eigenvalue weighted by atomic mass is 35.5. The fraction of sp³-hybridized carbons (Fsp3) is 0.267. The van der Waals surface area contributed by atoms with E-state index < -0.39 is 6.10 Å². The standard InChI is InChI=1S/C30H28ClN3O4/c31-22(17-21-7-2-1-3-8-21)18-32-13-15-33(16-14-32)25-10-6-9-24-28(25)30(36)34(29(24)35)19-23-20-37-26-11-4-5-12-27(26)38-23/h1-12,17,23H,13-16,18-20H2/b22-17-/t23-/m0/s1. The number of para-hydroxylation sites is 2. The molecule has 0 unspecified atom stereocenters. The van der Waals surface area contributed by atoms with Crippen molar-refractivity contribution in [2.75, 3.05) is 50.8 Å². The molecule has 1 fully saturated rings. The van der Waals surface area contributed by atoms with E-state index in [-0.39, 0.29) is 25.0 Å². The van der Waals surface area contributed by atoms with Gasteiger partial charge in [-0.05, 0) is 35.9 Å². The lowest BCUT2D eigenvalue weighted by Crippen LogP contribution is -2.47. The zero-order chi connectivity index (χ0) is 26.1. The summed E-state index contributed by atoms with van der Waals surface area (Å²) in [6.07, 6.45) is 1.57. The van der Waals surface area contributed by atoms with Gasteiger partial charge in [0.25, 0.3) is 11.8 Å². The summed E-state index contributed by atoms with van der Waals surface area (Å²) in [5.41, 5.74) is 2.81. The topological polar surface area (TPSA) is 62.3 Å². The monoisotopic (exact) mass is 529 g/mol. The minimum Gasteiger partial charge on any atom is -0.486 e. The van der Waals surface area contributed by atoms with Crippen LogP contribution in [-0.4, -0.2) is 73.6 Å². The number of benzene rings is 3. The van der Waals surface area contributed by atoms with Gasteiger partial charge in [-0.1, -0.05) is 60.1 Å². The van der Waals surface area contributed by atoms with E-state index in [1.54, 1.807) is 6.07 Å². The van der Waals surface area contributed by atoms with Crippen molar-refractivity contribution in [2.45, 2.75) is 6.10 Å². The summed E-state index contributed by atoms with van der Waals surface area (Å²) in [6.45, 7) is 4.19. The van der Waals surface area contributed by atoms with E-state index in [2.05, 4.69) is 9.80 Å². The first-order valence-electron chi connectivity index (χ1n) is 12.8. The number of fused-ring (bicyclic) bond motifs is 2. The molecule has 3 aromatic carbocycles. The summed E-state index contributed by atoms with van der Waals surface area (Å²) in [5, 5.41) is 0.790. The maximum absolute atomic E-state index is 13.5. The van der Waals surface area contributed by atoms with Crippen LogP contribution in [0.4, 0.5) is 5.69 Å². The number of carbonyl (C=O) groups excluding carboxylic acids is 2. The highest BCUT2D eigenvalue weighted by molar-refractivity contribution is 6.31. The Morgan fingerprint density at radius 3 is 2.39 bits per heavy atom. The number of halogens is 1. The van der Waals surface area contributed by atoms with Gasteiger partial charge in [-0.25, -0.2) is 0 Å². The highest BCUT2D eigenvalue weighted by Crippen LogP contribution is 2.35. The Balaban J connectivity index is 1.11. The Labute approximate surface area is 226 Å². The molecule has 3 aliphatic rings. The molecule has 3 aromatic rings. The van der Waals surface area contributed by atoms with E-state index in [4.69, 9.17) is 21.1 Å². The SMILES string of the molecule is O=C1c2cccc(N3CCN(C/C(Cl)=C/c4ccccc4)CC3)c2C(=O)N1C[C@H]1COc2ccccc2O1. The minimum atomic E-state index is -0.423. The zero-order valence-electron chi connectivity index (χ0n) is 20.9. The van der Waals surface area contributed by atoms with E-state index >= 15 is 0 Å². The molecule has 194 valence electrons. The third-order valence-electron chi connectivity index (χ3n) is 7.14. The highest BCUT2D eigenvalue weighted by Gasteiger charge is 2.40. The fourth-order valence-corrected chi connectivity index (χ4v) is 5.53. The van der Waals surface area contributed by atoms with Crippen LogP contribution in [-0.2, 0) is 0 Å². The van der Waals surface area contributed by atoms with Gasteiger partial charge in [0.15, 0.2) is 17.6 Å². The summed E-state index contributed by atoms with van der Waals surface area (Å²) < 4.78 is 11.8. The van der Waals surface area contributed by atoms with Gasteiger partial charge in [-0.3, -0.25) is 19.4 Å². The second kappa shape index (κ2) is 10.5. The summed E-state index contributed by atoms with van der Waals surface area (Å²) in [7, 11) is 0. The molecule has 0 aliphatic carbocycles. The molecule has 3 heterocycles. The van der Waals surface area contributed by atoms with Crippen LogP contribution in [0.25, 0.3) is 6.08 Å². The molecule has 2 amide bonds. The molecule has 38 heavy (non-hydrogen) atoms. The number of nitrogens with zero attached hydrogens (tertiary/aromatic N) is 3. The number of carbonyl (C=O) groups is 2. The van der Waals surface area contributed by atoms with Crippen molar-refractivity contribution >= 4 is 35.2 Å². The van der Waals surface area contributed by atoms with E-state index in [9.17, 15) is 9.59 Å². The normalized spacial score (nSPS) is 19.6. The molecule has 6 rings (SSSR count). The van der Waals surface area contributed by atoms with Crippen molar-refractivity contribution in [2.24, 2.45) is 0 Å². The summed E-state index contributed by atoms with van der Waals surface area (Å²) in [4.78, 5) is 32.6. The predicted octanol–water partition coefficient (Wildman–Crippen LogP) is 4.52. The molecule has 3 aliphatic heterocycles. The Bertz CT molecular complexity index is 1390. The number of ether oxygens (including phenoxy) is 2. The van der Waals surface area contributed by atoms with Gasteiger partial charge in [0.05, 0.1) is 23.4 Å². The van der Waals surface area contributed by atoms with Crippen LogP contribution in [0.3, 0.4) is 0 Å².